The highest BCUT2D eigenvalue weighted by molar-refractivity contribution is 7.89. The lowest BCUT2D eigenvalue weighted by Crippen LogP contribution is -2.28. The second kappa shape index (κ2) is 9.51. The molecule has 3 rings (SSSR count). The Kier molecular flexibility index (Phi) is 6.81. The summed E-state index contributed by atoms with van der Waals surface area (Å²) >= 11 is 0. The average molecular weight is 426 g/mol. The maximum absolute atomic E-state index is 12.4. The number of sulfonamides is 1. The number of hydrogen-bond donors (Lipinski definition) is 2. The molecule has 0 bridgehead atoms. The van der Waals surface area contributed by atoms with Gasteiger partial charge in [-0.3, -0.25) is 9.78 Å². The zero-order chi connectivity index (χ0) is 21.6. The van der Waals surface area contributed by atoms with Gasteiger partial charge in [0, 0.05) is 31.0 Å². The number of hydrogen-bond acceptors (Lipinski definition) is 5. The van der Waals surface area contributed by atoms with Gasteiger partial charge < -0.3 is 10.1 Å². The van der Waals surface area contributed by atoms with Crippen LogP contribution in [0.4, 0.5) is 5.69 Å². The smallest absolute Gasteiger partial charge is 0.240 e. The molecule has 0 unspecified atom stereocenters. The van der Waals surface area contributed by atoms with Crippen molar-refractivity contribution < 1.29 is 17.9 Å². The Labute approximate surface area is 176 Å². The molecular weight excluding hydrogens is 402 g/mol. The van der Waals surface area contributed by atoms with Crippen molar-refractivity contribution in [2.75, 3.05) is 11.9 Å². The fourth-order valence-electron chi connectivity index (χ4n) is 2.64. The summed E-state index contributed by atoms with van der Waals surface area (Å²) in [6, 6.07) is 15.3. The van der Waals surface area contributed by atoms with Gasteiger partial charge in [-0.15, -0.1) is 0 Å². The quantitative estimate of drug-likeness (QED) is 0.572. The number of aryl methyl sites for hydroxylation is 2. The van der Waals surface area contributed by atoms with Gasteiger partial charge in [0.15, 0.2) is 0 Å². The predicted octanol–water partition coefficient (Wildman–Crippen LogP) is 3.80. The Bertz CT molecular complexity index is 1110. The van der Waals surface area contributed by atoms with Crippen LogP contribution in [0.1, 0.15) is 17.5 Å². The van der Waals surface area contributed by atoms with E-state index in [1.54, 1.807) is 67.0 Å². The Morgan fingerprint density at radius 2 is 1.60 bits per heavy atom. The summed E-state index contributed by atoms with van der Waals surface area (Å²) < 4.78 is 32.9. The standard InChI is InChI=1S/C22H23N3O4S/c1-16-3-8-21(15-17(16)2)30(27,28)24-14-11-22(26)25-18-4-6-19(7-5-18)29-20-9-12-23-13-10-20/h3-10,12-13,15,24H,11,14H2,1-2H3,(H,25,26). The average Bonchev–Trinajstić information content (AvgIpc) is 2.72. The van der Waals surface area contributed by atoms with Crippen molar-refractivity contribution in [1.82, 2.24) is 9.71 Å². The van der Waals surface area contributed by atoms with Gasteiger partial charge in [-0.25, -0.2) is 13.1 Å². The van der Waals surface area contributed by atoms with Gasteiger partial charge in [-0.1, -0.05) is 6.07 Å². The number of benzene rings is 2. The van der Waals surface area contributed by atoms with E-state index < -0.39 is 10.0 Å². The van der Waals surface area contributed by atoms with Crippen LogP contribution in [0.5, 0.6) is 11.5 Å². The summed E-state index contributed by atoms with van der Waals surface area (Å²) in [5.41, 5.74) is 2.51. The monoisotopic (exact) mass is 425 g/mol. The SMILES string of the molecule is Cc1ccc(S(=O)(=O)NCCC(=O)Nc2ccc(Oc3ccncc3)cc2)cc1C. The zero-order valence-corrected chi connectivity index (χ0v) is 17.6. The molecule has 0 spiro atoms. The molecule has 8 heteroatoms. The van der Waals surface area contributed by atoms with E-state index in [2.05, 4.69) is 15.0 Å². The van der Waals surface area contributed by atoms with Gasteiger partial charge in [0.05, 0.1) is 4.90 Å². The van der Waals surface area contributed by atoms with Crippen molar-refractivity contribution >= 4 is 21.6 Å². The number of ether oxygens (including phenoxy) is 1. The van der Waals surface area contributed by atoms with Crippen LogP contribution in [-0.4, -0.2) is 25.9 Å². The van der Waals surface area contributed by atoms with E-state index >= 15 is 0 Å². The van der Waals surface area contributed by atoms with E-state index in [4.69, 9.17) is 4.74 Å². The first-order valence-corrected chi connectivity index (χ1v) is 10.9. The van der Waals surface area contributed by atoms with Crippen molar-refractivity contribution in [3.05, 3.63) is 78.1 Å². The molecule has 0 saturated heterocycles. The molecule has 1 aromatic heterocycles. The van der Waals surface area contributed by atoms with Crippen molar-refractivity contribution in [3.63, 3.8) is 0 Å². The fourth-order valence-corrected chi connectivity index (χ4v) is 3.75. The second-order valence-corrected chi connectivity index (χ2v) is 8.52. The number of carbonyl (C=O) groups is 1. The van der Waals surface area contributed by atoms with Crippen molar-refractivity contribution in [2.45, 2.75) is 25.2 Å². The van der Waals surface area contributed by atoms with Gasteiger partial charge in [-0.2, -0.15) is 0 Å². The van der Waals surface area contributed by atoms with Crippen molar-refractivity contribution in [3.8, 4) is 11.5 Å². The maximum Gasteiger partial charge on any atom is 0.240 e. The number of amides is 1. The lowest BCUT2D eigenvalue weighted by Gasteiger charge is -2.10. The van der Waals surface area contributed by atoms with E-state index in [-0.39, 0.29) is 23.8 Å². The van der Waals surface area contributed by atoms with Crippen LogP contribution in [0.3, 0.4) is 0 Å². The second-order valence-electron chi connectivity index (χ2n) is 6.75. The topological polar surface area (TPSA) is 97.4 Å². The minimum Gasteiger partial charge on any atom is -0.457 e. The summed E-state index contributed by atoms with van der Waals surface area (Å²) in [6.45, 7) is 3.78. The molecule has 2 N–H and O–H groups in total. The van der Waals surface area contributed by atoms with Gasteiger partial charge in [0.2, 0.25) is 15.9 Å². The zero-order valence-electron chi connectivity index (χ0n) is 16.8. The van der Waals surface area contributed by atoms with Crippen molar-refractivity contribution in [1.29, 1.82) is 0 Å². The number of pyridine rings is 1. The minimum atomic E-state index is -3.65. The fraction of sp³-hybridized carbons (Fsp3) is 0.182. The molecule has 30 heavy (non-hydrogen) atoms. The number of rotatable bonds is 8. The summed E-state index contributed by atoms with van der Waals surface area (Å²) in [7, 11) is -3.65. The molecule has 0 aliphatic carbocycles. The van der Waals surface area contributed by atoms with Crippen LogP contribution >= 0.6 is 0 Å². The lowest BCUT2D eigenvalue weighted by atomic mass is 10.1. The molecule has 0 aliphatic heterocycles. The van der Waals surface area contributed by atoms with E-state index in [1.807, 2.05) is 13.8 Å². The highest BCUT2D eigenvalue weighted by atomic mass is 32.2. The van der Waals surface area contributed by atoms with Gasteiger partial charge in [0.1, 0.15) is 11.5 Å². The van der Waals surface area contributed by atoms with Gasteiger partial charge in [-0.05, 0) is 73.5 Å². The molecule has 0 radical (unpaired) electrons. The first kappa shape index (κ1) is 21.5. The van der Waals surface area contributed by atoms with Gasteiger partial charge in [0.25, 0.3) is 0 Å². The predicted molar refractivity (Wildman–Crippen MR) is 115 cm³/mol. The number of aromatic nitrogens is 1. The summed E-state index contributed by atoms with van der Waals surface area (Å²) in [5, 5.41) is 2.74. The van der Waals surface area contributed by atoms with E-state index in [9.17, 15) is 13.2 Å². The molecule has 2 aromatic carbocycles. The maximum atomic E-state index is 12.4. The van der Waals surface area contributed by atoms with Crippen LogP contribution < -0.4 is 14.8 Å². The highest BCUT2D eigenvalue weighted by Gasteiger charge is 2.15. The molecule has 0 aliphatic rings. The third-order valence-corrected chi connectivity index (χ3v) is 5.92. The molecule has 7 nitrogen and oxygen atoms in total. The Hall–Kier alpha value is -3.23. The number of carbonyl (C=O) groups excluding carboxylic acids is 1. The molecule has 156 valence electrons. The van der Waals surface area contributed by atoms with Crippen LogP contribution in [0.25, 0.3) is 0 Å². The van der Waals surface area contributed by atoms with Crippen molar-refractivity contribution in [2.24, 2.45) is 0 Å². The Balaban J connectivity index is 1.49. The highest BCUT2D eigenvalue weighted by Crippen LogP contribution is 2.22. The molecule has 1 amide bonds. The first-order valence-electron chi connectivity index (χ1n) is 9.38. The Morgan fingerprint density at radius 1 is 0.933 bits per heavy atom. The van der Waals surface area contributed by atoms with Crippen LogP contribution in [0.2, 0.25) is 0 Å². The number of anilines is 1. The minimum absolute atomic E-state index is 0.00429. The van der Waals surface area contributed by atoms with Crippen LogP contribution in [0, 0.1) is 13.8 Å². The lowest BCUT2D eigenvalue weighted by molar-refractivity contribution is -0.116. The number of nitrogens with zero attached hydrogens (tertiary/aromatic N) is 1. The number of nitrogens with one attached hydrogen (secondary N) is 2. The first-order chi connectivity index (χ1) is 14.3. The summed E-state index contributed by atoms with van der Waals surface area (Å²) in [6.07, 6.45) is 3.29. The normalized spacial score (nSPS) is 11.1. The van der Waals surface area contributed by atoms with Crippen LogP contribution in [0.15, 0.2) is 71.9 Å². The summed E-state index contributed by atoms with van der Waals surface area (Å²) in [5.74, 6) is 0.999. The van der Waals surface area contributed by atoms with E-state index in [1.165, 1.54) is 0 Å². The third kappa shape index (κ3) is 5.88. The van der Waals surface area contributed by atoms with Crippen LogP contribution in [-0.2, 0) is 14.8 Å². The Morgan fingerprint density at radius 3 is 2.27 bits per heavy atom. The van der Waals surface area contributed by atoms with E-state index in [0.717, 1.165) is 11.1 Å². The third-order valence-electron chi connectivity index (χ3n) is 4.46. The molecular formula is C22H23N3O4S. The molecule has 0 atom stereocenters. The largest absolute Gasteiger partial charge is 0.457 e. The van der Waals surface area contributed by atoms with E-state index in [0.29, 0.717) is 17.2 Å². The van der Waals surface area contributed by atoms with Gasteiger partial charge >= 0.3 is 0 Å². The molecule has 1 heterocycles. The summed E-state index contributed by atoms with van der Waals surface area (Å²) in [4.78, 5) is 16.2. The molecule has 0 saturated carbocycles. The molecule has 0 fully saturated rings. The molecule has 3 aromatic rings.